The lowest BCUT2D eigenvalue weighted by atomic mass is 10.1. The summed E-state index contributed by atoms with van der Waals surface area (Å²) in [5, 5.41) is 2.44. The molecular formula is C12H20N4O5. The van der Waals surface area contributed by atoms with Gasteiger partial charge in [0.15, 0.2) is 0 Å². The molecule has 21 heavy (non-hydrogen) atoms. The number of carbonyl (C=O) groups excluding carboxylic acids is 3. The van der Waals surface area contributed by atoms with Gasteiger partial charge in [0.25, 0.3) is 0 Å². The van der Waals surface area contributed by atoms with Crippen LogP contribution in [0.5, 0.6) is 0 Å². The molecule has 0 radical (unpaired) electrons. The number of amides is 1. The Morgan fingerprint density at radius 1 is 1.43 bits per heavy atom. The molecule has 0 spiro atoms. The largest absolute Gasteiger partial charge is 0.463 e. The summed E-state index contributed by atoms with van der Waals surface area (Å²) in [7, 11) is 1.35. The van der Waals surface area contributed by atoms with E-state index in [0.29, 0.717) is 0 Å². The number of rotatable bonds is 10. The number of hydrogen-bond acceptors (Lipinski definition) is 6. The third kappa shape index (κ3) is 7.93. The van der Waals surface area contributed by atoms with Crippen molar-refractivity contribution in [1.82, 2.24) is 5.32 Å². The highest BCUT2D eigenvalue weighted by molar-refractivity contribution is 6.25. The fraction of sp³-hybridized carbons (Fsp3) is 0.667. The molecule has 0 saturated heterocycles. The van der Waals surface area contributed by atoms with Crippen LogP contribution in [0.1, 0.15) is 19.8 Å². The first-order valence-electron chi connectivity index (χ1n) is 6.36. The maximum absolute atomic E-state index is 11.8. The molecule has 0 rings (SSSR count). The minimum Gasteiger partial charge on any atom is -0.463 e. The predicted molar refractivity (Wildman–Crippen MR) is 72.3 cm³/mol. The van der Waals surface area contributed by atoms with Crippen LogP contribution in [-0.4, -0.2) is 61.1 Å². The molecule has 9 heteroatoms. The molecule has 9 nitrogen and oxygen atoms in total. The van der Waals surface area contributed by atoms with Gasteiger partial charge < -0.3 is 26.1 Å². The number of nitrogens with zero attached hydrogens (tertiary/aromatic N) is 2. The number of hydrogen-bond donors (Lipinski definition) is 2. The maximum atomic E-state index is 11.8. The number of methoxy groups -OCH3 is 1. The van der Waals surface area contributed by atoms with E-state index in [0.717, 1.165) is 6.21 Å². The monoisotopic (exact) mass is 300 g/mol. The van der Waals surface area contributed by atoms with Gasteiger partial charge in [-0.05, 0) is 13.3 Å². The molecule has 0 aromatic carbocycles. The van der Waals surface area contributed by atoms with Crippen molar-refractivity contribution in [2.24, 2.45) is 5.73 Å². The van der Waals surface area contributed by atoms with Gasteiger partial charge in [-0.25, -0.2) is 4.79 Å². The Morgan fingerprint density at radius 2 is 2.10 bits per heavy atom. The smallest absolute Gasteiger partial charge is 0.328 e. The average molecular weight is 300 g/mol. The zero-order valence-electron chi connectivity index (χ0n) is 12.1. The van der Waals surface area contributed by atoms with E-state index in [9.17, 15) is 14.4 Å². The third-order valence-electron chi connectivity index (χ3n) is 2.57. The zero-order valence-corrected chi connectivity index (χ0v) is 12.1. The van der Waals surface area contributed by atoms with Crippen molar-refractivity contribution in [3.8, 4) is 0 Å². The molecule has 118 valence electrons. The summed E-state index contributed by atoms with van der Waals surface area (Å²) in [5.74, 6) is -1.68. The SMILES string of the molecule is CO[C@@H](C)C(=O)N[C@@H](CCC(=O)C=[N+]=[N-])C(=O)OCCN. The summed E-state index contributed by atoms with van der Waals surface area (Å²) in [5.41, 5.74) is 13.5. The predicted octanol–water partition coefficient (Wildman–Crippen LogP) is -1.34. The van der Waals surface area contributed by atoms with Crippen molar-refractivity contribution in [3.05, 3.63) is 5.53 Å². The fourth-order valence-electron chi connectivity index (χ4n) is 1.32. The first-order valence-corrected chi connectivity index (χ1v) is 6.36. The second-order valence-corrected chi connectivity index (χ2v) is 4.14. The molecule has 0 aliphatic heterocycles. The lowest BCUT2D eigenvalue weighted by molar-refractivity contribution is -0.149. The molecule has 0 aliphatic carbocycles. The van der Waals surface area contributed by atoms with E-state index in [1.807, 2.05) is 0 Å². The van der Waals surface area contributed by atoms with Gasteiger partial charge in [0, 0.05) is 20.1 Å². The standard InChI is InChI=1S/C12H20N4O5/c1-8(20-2)11(18)16-10(12(19)21-6-5-13)4-3-9(17)7-15-14/h7-8,10H,3-6,13H2,1-2H3,(H,16,18)/t8-,10-/m0/s1. The highest BCUT2D eigenvalue weighted by Gasteiger charge is 2.25. The molecule has 0 bridgehead atoms. The van der Waals surface area contributed by atoms with Crippen LogP contribution in [0, 0.1) is 0 Å². The summed E-state index contributed by atoms with van der Waals surface area (Å²) >= 11 is 0. The highest BCUT2D eigenvalue weighted by atomic mass is 16.5. The van der Waals surface area contributed by atoms with Crippen molar-refractivity contribution < 1.29 is 28.6 Å². The van der Waals surface area contributed by atoms with Gasteiger partial charge in [0.1, 0.15) is 18.8 Å². The molecule has 0 saturated carbocycles. The van der Waals surface area contributed by atoms with Gasteiger partial charge in [-0.1, -0.05) is 0 Å². The van der Waals surface area contributed by atoms with E-state index in [2.05, 4.69) is 10.1 Å². The van der Waals surface area contributed by atoms with E-state index in [1.54, 1.807) is 0 Å². The normalized spacial score (nSPS) is 12.7. The van der Waals surface area contributed by atoms with E-state index in [-0.39, 0.29) is 26.0 Å². The Balaban J connectivity index is 4.67. The molecule has 0 aromatic rings. The number of carbonyl (C=O) groups is 3. The topological polar surface area (TPSA) is 144 Å². The summed E-state index contributed by atoms with van der Waals surface area (Å²) < 4.78 is 9.68. The number of esters is 1. The van der Waals surface area contributed by atoms with E-state index < -0.39 is 29.8 Å². The Hall–Kier alpha value is -2.09. The average Bonchev–Trinajstić information content (AvgIpc) is 2.47. The van der Waals surface area contributed by atoms with Gasteiger partial charge in [0.05, 0.1) is 0 Å². The van der Waals surface area contributed by atoms with Gasteiger partial charge in [-0.2, -0.15) is 4.79 Å². The fourth-order valence-corrected chi connectivity index (χ4v) is 1.32. The molecule has 0 fully saturated rings. The van der Waals surface area contributed by atoms with Crippen LogP contribution in [-0.2, 0) is 23.9 Å². The molecule has 0 aromatic heterocycles. The number of Topliss-reactive ketones (excluding diaryl/α,β-unsaturated/α-hetero) is 1. The van der Waals surface area contributed by atoms with Crippen molar-refractivity contribution in [2.45, 2.75) is 31.9 Å². The lowest BCUT2D eigenvalue weighted by Gasteiger charge is -2.18. The Morgan fingerprint density at radius 3 is 2.62 bits per heavy atom. The lowest BCUT2D eigenvalue weighted by Crippen LogP contribution is -2.46. The maximum Gasteiger partial charge on any atom is 0.328 e. The van der Waals surface area contributed by atoms with Gasteiger partial charge in [0.2, 0.25) is 11.7 Å². The van der Waals surface area contributed by atoms with E-state index in [1.165, 1.54) is 14.0 Å². The van der Waals surface area contributed by atoms with Crippen molar-refractivity contribution in [1.29, 1.82) is 0 Å². The highest BCUT2D eigenvalue weighted by Crippen LogP contribution is 2.02. The molecule has 1 amide bonds. The second-order valence-electron chi connectivity index (χ2n) is 4.14. The summed E-state index contributed by atoms with van der Waals surface area (Å²) in [6.45, 7) is 1.68. The number of nitrogens with one attached hydrogen (secondary N) is 1. The van der Waals surface area contributed by atoms with Crippen LogP contribution >= 0.6 is 0 Å². The van der Waals surface area contributed by atoms with E-state index >= 15 is 0 Å². The minimum atomic E-state index is -1.00. The molecule has 2 atom stereocenters. The van der Waals surface area contributed by atoms with Crippen LogP contribution in [0.15, 0.2) is 0 Å². The third-order valence-corrected chi connectivity index (χ3v) is 2.57. The second kappa shape index (κ2) is 10.7. The molecule has 0 unspecified atom stereocenters. The van der Waals surface area contributed by atoms with Crippen molar-refractivity contribution >= 4 is 23.9 Å². The Labute approximate surface area is 122 Å². The first kappa shape index (κ1) is 18.9. The van der Waals surface area contributed by atoms with Crippen LogP contribution in [0.4, 0.5) is 0 Å². The zero-order chi connectivity index (χ0) is 16.3. The molecule has 0 heterocycles. The minimum absolute atomic E-state index is 0.0103. The first-order chi connectivity index (χ1) is 9.96. The Kier molecular flexibility index (Phi) is 9.61. The Bertz CT molecular complexity index is 420. The van der Waals surface area contributed by atoms with Crippen LogP contribution in [0.3, 0.4) is 0 Å². The summed E-state index contributed by atoms with van der Waals surface area (Å²) in [6, 6.07) is -1.00. The van der Waals surface area contributed by atoms with Gasteiger partial charge >= 0.3 is 12.2 Å². The molecule has 0 aliphatic rings. The van der Waals surface area contributed by atoms with E-state index in [4.69, 9.17) is 20.7 Å². The van der Waals surface area contributed by atoms with Gasteiger partial charge in [-0.15, -0.1) is 0 Å². The van der Waals surface area contributed by atoms with Crippen LogP contribution in [0.2, 0.25) is 0 Å². The van der Waals surface area contributed by atoms with Crippen LogP contribution < -0.4 is 11.1 Å². The number of ether oxygens (including phenoxy) is 2. The number of nitrogens with two attached hydrogens (primary N) is 1. The van der Waals surface area contributed by atoms with Crippen molar-refractivity contribution in [2.75, 3.05) is 20.3 Å². The quantitative estimate of drug-likeness (QED) is 0.221. The number of ketones is 1. The molecule has 3 N–H and O–H groups in total. The summed E-state index contributed by atoms with van der Waals surface area (Å²) in [4.78, 5) is 37.3. The van der Waals surface area contributed by atoms with Gasteiger partial charge in [-0.3, -0.25) is 9.59 Å². The van der Waals surface area contributed by atoms with Crippen molar-refractivity contribution in [3.63, 3.8) is 0 Å². The van der Waals surface area contributed by atoms with Crippen LogP contribution in [0.25, 0.3) is 5.53 Å². The summed E-state index contributed by atoms with van der Waals surface area (Å²) in [6.07, 6.45) is -0.101. The molecular weight excluding hydrogens is 280 g/mol.